The average molecular weight is 368 g/mol. The van der Waals surface area contributed by atoms with E-state index in [1.165, 1.54) is 29.4 Å². The number of ether oxygens (including phenoxy) is 2. The van der Waals surface area contributed by atoms with E-state index in [1.807, 2.05) is 0 Å². The number of sulfonamides is 1. The molecule has 1 aliphatic rings. The number of morpholine rings is 1. The van der Waals surface area contributed by atoms with Crippen LogP contribution in [0.2, 0.25) is 0 Å². The van der Waals surface area contributed by atoms with Crippen molar-refractivity contribution in [3.8, 4) is 0 Å². The van der Waals surface area contributed by atoms with E-state index in [0.717, 1.165) is 6.08 Å². The van der Waals surface area contributed by atoms with Gasteiger partial charge in [-0.25, -0.2) is 13.2 Å². The second-order valence-corrected chi connectivity index (χ2v) is 7.34. The highest BCUT2D eigenvalue weighted by atomic mass is 32.2. The van der Waals surface area contributed by atoms with E-state index in [9.17, 15) is 18.0 Å². The lowest BCUT2D eigenvalue weighted by atomic mass is 10.2. The number of rotatable bonds is 6. The summed E-state index contributed by atoms with van der Waals surface area (Å²) in [4.78, 5) is 22.5. The molecular weight excluding hydrogens is 348 g/mol. The number of amides is 1. The van der Waals surface area contributed by atoms with Crippen LogP contribution in [0, 0.1) is 0 Å². The van der Waals surface area contributed by atoms with Crippen LogP contribution >= 0.6 is 0 Å². The topological polar surface area (TPSA) is 116 Å². The Kier molecular flexibility index (Phi) is 6.29. The van der Waals surface area contributed by atoms with Gasteiger partial charge in [0.25, 0.3) is 5.91 Å². The van der Waals surface area contributed by atoms with Crippen molar-refractivity contribution in [2.45, 2.75) is 17.9 Å². The van der Waals surface area contributed by atoms with Gasteiger partial charge in [-0.1, -0.05) is 12.1 Å². The molecule has 1 saturated heterocycles. The maximum atomic E-state index is 12.5. The Morgan fingerprint density at radius 3 is 2.40 bits per heavy atom. The van der Waals surface area contributed by atoms with Gasteiger partial charge in [-0.15, -0.1) is 0 Å². The van der Waals surface area contributed by atoms with Crippen LogP contribution < -0.4 is 5.73 Å². The van der Waals surface area contributed by atoms with Gasteiger partial charge in [-0.05, 0) is 30.7 Å². The van der Waals surface area contributed by atoms with Gasteiger partial charge in [0.15, 0.2) is 6.10 Å². The molecule has 1 fully saturated rings. The van der Waals surface area contributed by atoms with Crippen molar-refractivity contribution in [2.75, 3.05) is 26.3 Å². The Morgan fingerprint density at radius 1 is 1.24 bits per heavy atom. The van der Waals surface area contributed by atoms with Gasteiger partial charge in [0.05, 0.1) is 18.1 Å². The van der Waals surface area contributed by atoms with E-state index < -0.39 is 28.0 Å². The maximum absolute atomic E-state index is 12.5. The monoisotopic (exact) mass is 368 g/mol. The van der Waals surface area contributed by atoms with E-state index >= 15 is 0 Å². The summed E-state index contributed by atoms with van der Waals surface area (Å²) in [6, 6.07) is 6.10. The molecule has 1 aromatic rings. The zero-order chi connectivity index (χ0) is 18.4. The normalized spacial score (nSPS) is 17.3. The third kappa shape index (κ3) is 5.12. The number of carbonyl (C=O) groups is 2. The van der Waals surface area contributed by atoms with Crippen LogP contribution in [-0.4, -0.2) is 57.0 Å². The van der Waals surface area contributed by atoms with Crippen LogP contribution in [0.15, 0.2) is 35.2 Å². The molecule has 2 N–H and O–H groups in total. The maximum Gasteiger partial charge on any atom is 0.331 e. The van der Waals surface area contributed by atoms with Crippen LogP contribution in [0.5, 0.6) is 0 Å². The summed E-state index contributed by atoms with van der Waals surface area (Å²) in [5.74, 6) is -1.45. The van der Waals surface area contributed by atoms with Gasteiger partial charge >= 0.3 is 5.97 Å². The molecule has 0 aromatic heterocycles. The van der Waals surface area contributed by atoms with E-state index in [2.05, 4.69) is 0 Å². The second kappa shape index (κ2) is 8.24. The Labute approximate surface area is 146 Å². The summed E-state index contributed by atoms with van der Waals surface area (Å²) < 4.78 is 36.3. The largest absolute Gasteiger partial charge is 0.449 e. The minimum atomic E-state index is -3.55. The number of nitrogens with zero attached hydrogens (tertiary/aromatic N) is 1. The summed E-state index contributed by atoms with van der Waals surface area (Å²) in [7, 11) is -3.55. The third-order valence-electron chi connectivity index (χ3n) is 3.59. The molecule has 1 heterocycles. The fourth-order valence-corrected chi connectivity index (χ4v) is 3.53. The SMILES string of the molecule is CC(OC(=O)/C=C/c1ccc(S(=O)(=O)N2CCOCC2)cc1)C(N)=O. The van der Waals surface area contributed by atoms with Crippen LogP contribution in [0.4, 0.5) is 0 Å². The predicted octanol–water partition coefficient (Wildman–Crippen LogP) is 0.138. The van der Waals surface area contributed by atoms with Gasteiger partial charge in [0.1, 0.15) is 0 Å². The quantitative estimate of drug-likeness (QED) is 0.564. The second-order valence-electron chi connectivity index (χ2n) is 5.40. The van der Waals surface area contributed by atoms with Crippen molar-refractivity contribution >= 4 is 28.0 Å². The highest BCUT2D eigenvalue weighted by Gasteiger charge is 2.25. The number of hydrogen-bond acceptors (Lipinski definition) is 6. The third-order valence-corrected chi connectivity index (χ3v) is 5.51. The van der Waals surface area contributed by atoms with Gasteiger partial charge in [-0.2, -0.15) is 4.31 Å². The van der Waals surface area contributed by atoms with Crippen molar-refractivity contribution in [1.29, 1.82) is 0 Å². The molecule has 1 aromatic carbocycles. The highest BCUT2D eigenvalue weighted by Crippen LogP contribution is 2.18. The van der Waals surface area contributed by atoms with Crippen LogP contribution in [0.3, 0.4) is 0 Å². The lowest BCUT2D eigenvalue weighted by molar-refractivity contribution is -0.148. The highest BCUT2D eigenvalue weighted by molar-refractivity contribution is 7.89. The van der Waals surface area contributed by atoms with Crippen molar-refractivity contribution in [3.63, 3.8) is 0 Å². The van der Waals surface area contributed by atoms with E-state index in [0.29, 0.717) is 31.9 Å². The van der Waals surface area contributed by atoms with E-state index in [4.69, 9.17) is 15.2 Å². The molecule has 0 bridgehead atoms. The molecule has 0 saturated carbocycles. The van der Waals surface area contributed by atoms with E-state index in [1.54, 1.807) is 12.1 Å². The van der Waals surface area contributed by atoms with Crippen LogP contribution in [0.1, 0.15) is 12.5 Å². The summed E-state index contributed by atoms with van der Waals surface area (Å²) in [6.07, 6.45) is 1.59. The molecule has 1 aliphatic heterocycles. The molecule has 0 spiro atoms. The number of primary amides is 1. The van der Waals surface area contributed by atoms with Crippen LogP contribution in [0.25, 0.3) is 6.08 Å². The molecule has 25 heavy (non-hydrogen) atoms. The van der Waals surface area contributed by atoms with Crippen molar-refractivity contribution in [1.82, 2.24) is 4.31 Å². The standard InChI is InChI=1S/C16H20N2O6S/c1-12(16(17)20)24-15(19)7-4-13-2-5-14(6-3-13)25(21,22)18-8-10-23-11-9-18/h2-7,12H,8-11H2,1H3,(H2,17,20)/b7-4+. The van der Waals surface area contributed by atoms with Gasteiger partial charge in [0.2, 0.25) is 10.0 Å². The molecule has 9 heteroatoms. The molecular formula is C16H20N2O6S. The average Bonchev–Trinajstić information content (AvgIpc) is 2.61. The summed E-state index contributed by atoms with van der Waals surface area (Å²) in [5, 5.41) is 0. The molecule has 1 atom stereocenters. The summed E-state index contributed by atoms with van der Waals surface area (Å²) in [5.41, 5.74) is 5.62. The molecule has 2 rings (SSSR count). The zero-order valence-electron chi connectivity index (χ0n) is 13.8. The summed E-state index contributed by atoms with van der Waals surface area (Å²) >= 11 is 0. The number of hydrogen-bond donors (Lipinski definition) is 1. The fourth-order valence-electron chi connectivity index (χ4n) is 2.12. The molecule has 1 amide bonds. The molecule has 1 unspecified atom stereocenters. The first-order valence-electron chi connectivity index (χ1n) is 7.66. The van der Waals surface area contributed by atoms with Gasteiger partial charge < -0.3 is 15.2 Å². The first-order chi connectivity index (χ1) is 11.8. The van der Waals surface area contributed by atoms with Crippen molar-refractivity contribution in [3.05, 3.63) is 35.9 Å². The van der Waals surface area contributed by atoms with Gasteiger partial charge in [-0.3, -0.25) is 4.79 Å². The zero-order valence-corrected chi connectivity index (χ0v) is 14.6. The van der Waals surface area contributed by atoms with Crippen molar-refractivity contribution in [2.24, 2.45) is 5.73 Å². The first-order valence-corrected chi connectivity index (χ1v) is 9.10. The molecule has 0 radical (unpaired) electrons. The van der Waals surface area contributed by atoms with E-state index in [-0.39, 0.29) is 4.90 Å². The number of benzene rings is 1. The number of esters is 1. The Bertz CT molecular complexity index is 751. The molecule has 0 aliphatic carbocycles. The smallest absolute Gasteiger partial charge is 0.331 e. The predicted molar refractivity (Wildman–Crippen MR) is 89.8 cm³/mol. The number of nitrogens with two attached hydrogens (primary N) is 1. The summed E-state index contributed by atoms with van der Waals surface area (Å²) in [6.45, 7) is 2.79. The lowest BCUT2D eigenvalue weighted by Gasteiger charge is -2.26. The fraction of sp³-hybridized carbons (Fsp3) is 0.375. The molecule has 8 nitrogen and oxygen atoms in total. The first kappa shape index (κ1) is 19.1. The molecule has 136 valence electrons. The Hall–Kier alpha value is -2.23. The number of carbonyl (C=O) groups excluding carboxylic acids is 2. The minimum absolute atomic E-state index is 0.177. The van der Waals surface area contributed by atoms with Gasteiger partial charge in [0, 0.05) is 19.2 Å². The Balaban J connectivity index is 2.03. The lowest BCUT2D eigenvalue weighted by Crippen LogP contribution is -2.40. The minimum Gasteiger partial charge on any atom is -0.449 e. The van der Waals surface area contributed by atoms with Crippen molar-refractivity contribution < 1.29 is 27.5 Å². The van der Waals surface area contributed by atoms with Crippen LogP contribution in [-0.2, 0) is 29.1 Å². The Morgan fingerprint density at radius 2 is 1.84 bits per heavy atom.